The Morgan fingerprint density at radius 3 is 1.18 bits per heavy atom. The van der Waals surface area contributed by atoms with Crippen LogP contribution in [0.25, 0.3) is 0 Å². The molecule has 0 saturated carbocycles. The van der Waals surface area contributed by atoms with Crippen LogP contribution in [0.1, 0.15) is 0 Å². The molecule has 0 saturated heterocycles. The summed E-state index contributed by atoms with van der Waals surface area (Å²) in [5.41, 5.74) is -26.9. The molecule has 0 unspecified atom stereocenters. The molecule has 1 aromatic heterocycles. The van der Waals surface area contributed by atoms with Crippen molar-refractivity contribution in [3.8, 4) is 0 Å². The number of halogens is 17. The second-order valence-electron chi connectivity index (χ2n) is 7.41. The molecule has 0 radical (unpaired) electrons. The number of alkyl halides is 15. The van der Waals surface area contributed by atoms with Gasteiger partial charge in [-0.2, -0.15) is 0 Å². The van der Waals surface area contributed by atoms with E-state index in [4.69, 9.17) is 0 Å². The van der Waals surface area contributed by atoms with Crippen molar-refractivity contribution in [3.63, 3.8) is 0 Å². The Bertz CT molecular complexity index is 868. The number of aromatic nitrogens is 1. The summed E-state index contributed by atoms with van der Waals surface area (Å²) in [7, 11) is 4.35. The Morgan fingerprint density at radius 2 is 0.974 bits per heavy atom. The minimum absolute atomic E-state index is 0.299. The third kappa shape index (κ3) is 4.61. The van der Waals surface area contributed by atoms with E-state index in [9.17, 15) is 74.3 Å². The van der Waals surface area contributed by atoms with Crippen molar-refractivity contribution in [2.45, 2.75) is 35.5 Å². The first-order chi connectivity index (χ1) is 16.5. The van der Waals surface area contributed by atoms with E-state index in [0.717, 1.165) is 0 Å². The zero-order chi connectivity index (χ0) is 30.9. The van der Waals surface area contributed by atoms with Crippen LogP contribution in [-0.4, -0.2) is 69.9 Å². The van der Waals surface area contributed by atoms with E-state index in [0.29, 0.717) is 7.11 Å². The van der Waals surface area contributed by atoms with Crippen molar-refractivity contribution in [1.29, 1.82) is 0 Å². The molecule has 0 aliphatic heterocycles. The van der Waals surface area contributed by atoms with Crippen LogP contribution in [0.2, 0.25) is 0 Å². The van der Waals surface area contributed by atoms with Crippen LogP contribution in [0.5, 0.6) is 0 Å². The van der Waals surface area contributed by atoms with Gasteiger partial charge in [-0.05, 0) is 0 Å². The van der Waals surface area contributed by atoms with E-state index >= 15 is 0 Å². The normalized spacial score (nSPS) is 16.2. The molecule has 0 aromatic carbocycles. The summed E-state index contributed by atoms with van der Waals surface area (Å²) in [5, 5.41) is 0. The van der Waals surface area contributed by atoms with Crippen LogP contribution in [-0.2, 0) is 9.26 Å². The Labute approximate surface area is 201 Å². The fourth-order valence-corrected chi connectivity index (χ4v) is 6.28. The van der Waals surface area contributed by atoms with Crippen molar-refractivity contribution in [3.05, 3.63) is 24.5 Å². The SMILES string of the molecule is CN(C)c1cc[nH+]cc1.COCCO[P-](F)(F)(C(F)(F)C(F)(F)F)(C(F)(F)C(F)(F)F)C(F)(F)C(F)(F)F. The van der Waals surface area contributed by atoms with Crippen molar-refractivity contribution in [2.24, 2.45) is 0 Å². The fraction of sp³-hybridized carbons (Fsp3) is 0.688. The molecule has 228 valence electrons. The Balaban J connectivity index is 0.00000127. The van der Waals surface area contributed by atoms with Gasteiger partial charge < -0.3 is 4.90 Å². The van der Waals surface area contributed by atoms with E-state index in [2.05, 4.69) is 14.6 Å². The van der Waals surface area contributed by atoms with E-state index in [1.54, 1.807) is 0 Å². The predicted molar refractivity (Wildman–Crippen MR) is 97.3 cm³/mol. The summed E-state index contributed by atoms with van der Waals surface area (Å²) >= 11 is 0. The van der Waals surface area contributed by atoms with Gasteiger partial charge in [-0.1, -0.05) is 0 Å². The second kappa shape index (κ2) is 9.94. The molecule has 1 aromatic rings. The monoisotopic (exact) mass is 624 g/mol. The van der Waals surface area contributed by atoms with Gasteiger partial charge in [0.2, 0.25) is 0 Å². The van der Waals surface area contributed by atoms with Gasteiger partial charge in [0.15, 0.2) is 12.4 Å². The van der Waals surface area contributed by atoms with Gasteiger partial charge in [0.1, 0.15) is 0 Å². The zero-order valence-corrected chi connectivity index (χ0v) is 19.8. The van der Waals surface area contributed by atoms with Crippen molar-refractivity contribution < 1.29 is 88.5 Å². The summed E-state index contributed by atoms with van der Waals surface area (Å²) in [6.45, 7) is -19.2. The number of pyridine rings is 1. The number of nitrogens with zero attached hydrogens (tertiary/aromatic N) is 1. The Morgan fingerprint density at radius 1 is 0.658 bits per heavy atom. The molecule has 0 fully saturated rings. The van der Waals surface area contributed by atoms with Gasteiger partial charge >= 0.3 is 146 Å². The maximum absolute atomic E-state index is 14.8. The van der Waals surface area contributed by atoms with Gasteiger partial charge in [-0.25, -0.2) is 4.98 Å². The number of methoxy groups -OCH3 is 1. The summed E-state index contributed by atoms with van der Waals surface area (Å²) in [5.74, 6) is 0. The number of rotatable bonds is 8. The van der Waals surface area contributed by atoms with Crippen LogP contribution < -0.4 is 9.88 Å². The Hall–Kier alpha value is -1.89. The van der Waals surface area contributed by atoms with E-state index in [1.807, 2.05) is 43.1 Å². The summed E-state index contributed by atoms with van der Waals surface area (Å²) in [6.07, 6.45) is -21.7. The van der Waals surface area contributed by atoms with Crippen LogP contribution in [0.4, 0.5) is 79.9 Å². The molecule has 38 heavy (non-hydrogen) atoms. The topological polar surface area (TPSA) is 35.8 Å². The number of hydrogen-bond acceptors (Lipinski definition) is 3. The molecule has 0 aliphatic carbocycles. The molecule has 0 bridgehead atoms. The number of hydrogen-bond donors (Lipinski definition) is 0. The molecular weight excluding hydrogens is 606 g/mol. The van der Waals surface area contributed by atoms with Crippen LogP contribution in [0.15, 0.2) is 24.5 Å². The first-order valence-electron chi connectivity index (χ1n) is 9.20. The van der Waals surface area contributed by atoms with Gasteiger partial charge in [0, 0.05) is 31.9 Å². The van der Waals surface area contributed by atoms with E-state index < -0.39 is 55.5 Å². The van der Waals surface area contributed by atoms with Crippen LogP contribution in [0, 0.1) is 0 Å². The number of H-pyrrole nitrogens is 1. The van der Waals surface area contributed by atoms with E-state index in [1.165, 1.54) is 5.69 Å². The third-order valence-electron chi connectivity index (χ3n) is 4.73. The maximum atomic E-state index is 14.8. The van der Waals surface area contributed by atoms with Gasteiger partial charge in [-0.3, -0.25) is 0 Å². The van der Waals surface area contributed by atoms with Gasteiger partial charge in [0.05, 0.1) is 0 Å². The molecule has 0 atom stereocenters. The second-order valence-corrected chi connectivity index (χ2v) is 12.0. The molecular formula is C16H18F17N2O2P. The average molecular weight is 624 g/mol. The standard InChI is InChI=1S/C9H7F17O2P.C7H10N2/c1-27-2-3-28-29(25,26,7(19,20)4(10,11)12,8(21,22)5(13,14)15)9(23,24)6(16,17)18;1-9(2)7-3-5-8-6-4-7/h2-3H2,1H3;3-6H,1-2H3/q-1;/p+1. The molecule has 22 heteroatoms. The molecule has 1 heterocycles. The molecule has 1 rings (SSSR count). The third-order valence-corrected chi connectivity index (χ3v) is 9.91. The summed E-state index contributed by atoms with van der Waals surface area (Å²) in [6, 6.07) is 4.06. The molecule has 0 aliphatic rings. The van der Waals surface area contributed by atoms with Crippen LogP contribution in [0.3, 0.4) is 0 Å². The zero-order valence-electron chi connectivity index (χ0n) is 18.9. The first-order valence-corrected chi connectivity index (χ1v) is 11.6. The molecule has 1 N–H and O–H groups in total. The van der Waals surface area contributed by atoms with Crippen molar-refractivity contribution >= 4 is 12.5 Å². The quantitative estimate of drug-likeness (QED) is 0.171. The van der Waals surface area contributed by atoms with Crippen molar-refractivity contribution in [2.75, 3.05) is 39.3 Å². The first kappa shape index (κ1) is 36.1. The average Bonchev–Trinajstić information content (AvgIpc) is 2.72. The molecule has 0 amide bonds. The molecule has 4 nitrogen and oxygen atoms in total. The predicted octanol–water partition coefficient (Wildman–Crippen LogP) is 7.45. The van der Waals surface area contributed by atoms with Gasteiger partial charge in [0.25, 0.3) is 0 Å². The minimum atomic E-state index is -14.2. The number of ether oxygens (including phenoxy) is 1. The summed E-state index contributed by atoms with van der Waals surface area (Å²) < 4.78 is 229. The number of anilines is 1. The van der Waals surface area contributed by atoms with E-state index in [-0.39, 0.29) is 0 Å². The fourth-order valence-electron chi connectivity index (χ4n) is 2.60. The van der Waals surface area contributed by atoms with Crippen molar-refractivity contribution in [1.82, 2.24) is 0 Å². The van der Waals surface area contributed by atoms with Gasteiger partial charge in [-0.15, -0.1) is 0 Å². The molecule has 0 spiro atoms. The number of aromatic amines is 1. The van der Waals surface area contributed by atoms with Crippen LogP contribution >= 0.6 is 6.79 Å². The summed E-state index contributed by atoms with van der Waals surface area (Å²) in [4.78, 5) is 5.02. The number of nitrogens with one attached hydrogen (secondary N) is 1. The Kier molecular flexibility index (Phi) is 9.44.